The fourth-order valence-corrected chi connectivity index (χ4v) is 14.1. The van der Waals surface area contributed by atoms with E-state index in [9.17, 15) is 0 Å². The van der Waals surface area contributed by atoms with Gasteiger partial charge in [-0.25, -0.2) is 0 Å². The molecule has 0 heterocycles. The second kappa shape index (κ2) is 11.6. The molecule has 0 aromatic heterocycles. The number of rotatable bonds is 3. The molecule has 0 fully saturated rings. The van der Waals surface area contributed by atoms with E-state index in [1.807, 2.05) is 0 Å². The van der Waals surface area contributed by atoms with Gasteiger partial charge in [-0.05, 0) is 138 Å². The van der Waals surface area contributed by atoms with E-state index in [1.165, 1.54) is 99.4 Å². The first-order valence-electron chi connectivity index (χ1n) is 20.3. The van der Waals surface area contributed by atoms with Crippen LogP contribution in [0.5, 0.6) is 0 Å². The highest BCUT2D eigenvalue weighted by Gasteiger charge is 2.54. The van der Waals surface area contributed by atoms with Gasteiger partial charge < -0.3 is 0 Å². The highest BCUT2D eigenvalue weighted by atomic mass is 31.1. The van der Waals surface area contributed by atoms with Gasteiger partial charge in [0.2, 0.25) is 0 Å². The van der Waals surface area contributed by atoms with Gasteiger partial charge in [-0.3, -0.25) is 0 Å². The lowest BCUT2D eigenvalue weighted by atomic mass is 9.68. The van der Waals surface area contributed by atoms with E-state index in [2.05, 4.69) is 200 Å². The zero-order valence-corrected chi connectivity index (χ0v) is 32.3. The molecule has 5 aliphatic rings. The molecule has 0 bridgehead atoms. The molecule has 0 saturated carbocycles. The van der Waals surface area contributed by atoms with Gasteiger partial charge in [0.15, 0.2) is 0 Å². The maximum atomic E-state index is 2.64. The molecule has 1 heteroatoms. The van der Waals surface area contributed by atoms with Crippen molar-refractivity contribution in [1.82, 2.24) is 0 Å². The van der Waals surface area contributed by atoms with Crippen molar-refractivity contribution in [2.75, 3.05) is 0 Å². The molecule has 1 unspecified atom stereocenters. The van der Waals surface area contributed by atoms with Crippen molar-refractivity contribution in [3.05, 3.63) is 250 Å². The summed E-state index contributed by atoms with van der Waals surface area (Å²) in [4.78, 5) is 0. The van der Waals surface area contributed by atoms with Gasteiger partial charge in [-0.2, -0.15) is 0 Å². The number of benzene rings is 8. The Morgan fingerprint density at radius 1 is 0.333 bits per heavy atom. The van der Waals surface area contributed by atoms with Gasteiger partial charge >= 0.3 is 0 Å². The predicted molar refractivity (Wildman–Crippen MR) is 238 cm³/mol. The molecule has 8 aromatic rings. The van der Waals surface area contributed by atoms with Crippen LogP contribution in [0.15, 0.2) is 206 Å². The Kier molecular flexibility index (Phi) is 6.48. The molecule has 0 saturated heterocycles. The minimum atomic E-state index is -0.924. The van der Waals surface area contributed by atoms with Gasteiger partial charge in [0.05, 0.1) is 10.8 Å². The van der Waals surface area contributed by atoms with Crippen molar-refractivity contribution >= 4 is 29.4 Å². The summed E-state index contributed by atoms with van der Waals surface area (Å²) in [6, 6.07) is 72.3. The van der Waals surface area contributed by atoms with Crippen molar-refractivity contribution in [2.24, 2.45) is 0 Å². The van der Waals surface area contributed by atoms with Crippen LogP contribution in [-0.2, 0) is 10.8 Å². The highest BCUT2D eigenvalue weighted by molar-refractivity contribution is 7.79. The van der Waals surface area contributed by atoms with Crippen molar-refractivity contribution in [1.29, 1.82) is 0 Å². The SMILES string of the molecule is C1=CC2=C(CC1)C1(c3cc(P(c4ccccc4)c4ccc5c(c4)C4(c6ccccc6-c6ccccc64)c4ccccc4-5)ccc32)c2ccccc2-c2ccccc21. The summed E-state index contributed by atoms with van der Waals surface area (Å²) < 4.78 is 0. The lowest BCUT2D eigenvalue weighted by Crippen LogP contribution is -2.30. The van der Waals surface area contributed by atoms with E-state index in [1.54, 1.807) is 5.57 Å². The lowest BCUT2D eigenvalue weighted by molar-refractivity contribution is 0.714. The van der Waals surface area contributed by atoms with Crippen LogP contribution in [0.2, 0.25) is 0 Å². The quantitative estimate of drug-likeness (QED) is 0.158. The predicted octanol–water partition coefficient (Wildman–Crippen LogP) is 12.2. The molecule has 0 N–H and O–H groups in total. The molecule has 0 amide bonds. The van der Waals surface area contributed by atoms with Crippen LogP contribution in [-0.4, -0.2) is 0 Å². The smallest absolute Gasteiger partial charge is 0.0725 e. The summed E-state index contributed by atoms with van der Waals surface area (Å²) in [6.45, 7) is 0. The maximum Gasteiger partial charge on any atom is 0.0725 e. The fraction of sp³-hybridized carbons (Fsp3) is 0.0714. The van der Waals surface area contributed by atoms with Gasteiger partial charge in [-0.1, -0.05) is 188 Å². The summed E-state index contributed by atoms with van der Waals surface area (Å²) in [7, 11) is -0.924. The maximum absolute atomic E-state index is 2.64. The van der Waals surface area contributed by atoms with Gasteiger partial charge in [0.25, 0.3) is 0 Å². The van der Waals surface area contributed by atoms with E-state index >= 15 is 0 Å². The second-order valence-electron chi connectivity index (χ2n) is 16.2. The molecular formula is C56H37P. The molecule has 13 rings (SSSR count). The van der Waals surface area contributed by atoms with Crippen LogP contribution >= 0.6 is 7.92 Å². The monoisotopic (exact) mass is 740 g/mol. The van der Waals surface area contributed by atoms with Crippen molar-refractivity contribution < 1.29 is 0 Å². The zero-order valence-electron chi connectivity index (χ0n) is 31.4. The molecule has 0 nitrogen and oxygen atoms in total. The Morgan fingerprint density at radius 2 is 0.737 bits per heavy atom. The zero-order chi connectivity index (χ0) is 37.3. The van der Waals surface area contributed by atoms with Crippen LogP contribution in [0.1, 0.15) is 57.3 Å². The Morgan fingerprint density at radius 3 is 1.25 bits per heavy atom. The third-order valence-corrected chi connectivity index (χ3v) is 16.2. The Hall–Kier alpha value is -6.33. The fourth-order valence-electron chi connectivity index (χ4n) is 11.8. The summed E-state index contributed by atoms with van der Waals surface area (Å²) >= 11 is 0. The van der Waals surface area contributed by atoms with Crippen LogP contribution in [0.25, 0.3) is 39.0 Å². The minimum absolute atomic E-state index is 0.294. The van der Waals surface area contributed by atoms with Crippen LogP contribution in [0, 0.1) is 0 Å². The number of fused-ring (bicyclic) bond motifs is 19. The summed E-state index contributed by atoms with van der Waals surface area (Å²) in [6.07, 6.45) is 6.96. The Bertz CT molecular complexity index is 2980. The first kappa shape index (κ1) is 31.8. The van der Waals surface area contributed by atoms with Crippen molar-refractivity contribution in [3.8, 4) is 33.4 Å². The normalized spacial score (nSPS) is 16.7. The largest absolute Gasteiger partial charge is 0.0836 e. The molecule has 0 radical (unpaired) electrons. The Balaban J connectivity index is 1.07. The molecule has 2 spiro atoms. The molecule has 0 aliphatic heterocycles. The van der Waals surface area contributed by atoms with Crippen LogP contribution in [0.3, 0.4) is 0 Å². The average molecular weight is 741 g/mol. The van der Waals surface area contributed by atoms with Gasteiger partial charge in [0, 0.05) is 0 Å². The highest BCUT2D eigenvalue weighted by Crippen LogP contribution is 2.65. The average Bonchev–Trinajstić information content (AvgIpc) is 3.96. The standard InChI is InChI=1S/C56H37P/c1-2-16-36(17-3-1)57(37-30-32-45-43-22-8-14-28-51(43)55(53(45)34-37)47-24-10-4-18-39(47)40-19-5-11-25-48(40)55)38-31-33-46-44-23-9-15-29-52(44)56(54(46)35-38)49-26-12-6-20-41(49)42-21-7-13-27-50(42)56/h1-14,16-28,30-35H,15,29H2. The first-order valence-corrected chi connectivity index (χ1v) is 21.7. The van der Waals surface area contributed by atoms with E-state index in [4.69, 9.17) is 0 Å². The number of allylic oxidation sites excluding steroid dienone is 4. The van der Waals surface area contributed by atoms with Crippen LogP contribution in [0.4, 0.5) is 0 Å². The van der Waals surface area contributed by atoms with E-state index in [-0.39, 0.29) is 10.8 Å². The van der Waals surface area contributed by atoms with E-state index in [0.29, 0.717) is 0 Å². The first-order chi connectivity index (χ1) is 28.3. The summed E-state index contributed by atoms with van der Waals surface area (Å²) in [5, 5.41) is 4.17. The summed E-state index contributed by atoms with van der Waals surface area (Å²) in [5.74, 6) is 0. The summed E-state index contributed by atoms with van der Waals surface area (Å²) in [5.41, 5.74) is 21.7. The van der Waals surface area contributed by atoms with E-state index < -0.39 is 7.92 Å². The number of hydrogen-bond donors (Lipinski definition) is 0. The van der Waals surface area contributed by atoms with Crippen molar-refractivity contribution in [3.63, 3.8) is 0 Å². The number of hydrogen-bond acceptors (Lipinski definition) is 0. The van der Waals surface area contributed by atoms with Crippen LogP contribution < -0.4 is 15.9 Å². The molecule has 5 aliphatic carbocycles. The third kappa shape index (κ3) is 3.92. The van der Waals surface area contributed by atoms with Gasteiger partial charge in [0.1, 0.15) is 0 Å². The molecular weight excluding hydrogens is 704 g/mol. The molecule has 57 heavy (non-hydrogen) atoms. The Labute approximate surface area is 335 Å². The topological polar surface area (TPSA) is 0 Å². The lowest BCUT2D eigenvalue weighted by Gasteiger charge is -2.34. The molecule has 266 valence electrons. The minimum Gasteiger partial charge on any atom is -0.0836 e. The van der Waals surface area contributed by atoms with Gasteiger partial charge in [-0.15, -0.1) is 0 Å². The second-order valence-corrected chi connectivity index (χ2v) is 18.4. The molecule has 8 aromatic carbocycles. The third-order valence-electron chi connectivity index (χ3n) is 13.8. The molecule has 1 atom stereocenters. The van der Waals surface area contributed by atoms with Crippen molar-refractivity contribution in [2.45, 2.75) is 23.7 Å². The van der Waals surface area contributed by atoms with E-state index in [0.717, 1.165) is 12.8 Å².